The molecule has 332 valence electrons. The van der Waals surface area contributed by atoms with Crippen molar-refractivity contribution in [1.29, 1.82) is 0 Å². The molecule has 1 rings (SSSR count). The van der Waals surface area contributed by atoms with Gasteiger partial charge in [0.25, 0.3) is 0 Å². The maximum atomic E-state index is 13.4. The van der Waals surface area contributed by atoms with Gasteiger partial charge in [0.1, 0.15) is 24.2 Å². The molecule has 0 aliphatic heterocycles. The van der Waals surface area contributed by atoms with Crippen molar-refractivity contribution in [2.45, 2.75) is 120 Å². The van der Waals surface area contributed by atoms with E-state index in [1.165, 1.54) is 7.11 Å². The minimum Gasteiger partial charge on any atom is -0.481 e. The number of aliphatic carboxylic acids is 5. The van der Waals surface area contributed by atoms with E-state index < -0.39 is 134 Å². The summed E-state index contributed by atoms with van der Waals surface area (Å²) in [5.74, 6) is -11.7. The summed E-state index contributed by atoms with van der Waals surface area (Å²) in [5, 5.41) is 60.5. The molecule has 1 fully saturated rings. The Morgan fingerprint density at radius 2 is 1.00 bits per heavy atom. The lowest BCUT2D eigenvalue weighted by atomic mass is 9.81. The summed E-state index contributed by atoms with van der Waals surface area (Å²) in [5.41, 5.74) is 0. The molecule has 23 heteroatoms. The van der Waals surface area contributed by atoms with Crippen LogP contribution in [0.25, 0.3) is 0 Å². The van der Waals surface area contributed by atoms with Crippen molar-refractivity contribution in [3.8, 4) is 0 Å². The molecule has 0 saturated heterocycles. The highest BCUT2D eigenvalue weighted by atomic mass is 16.5. The van der Waals surface area contributed by atoms with Crippen LogP contribution in [0.1, 0.15) is 96.3 Å². The first kappa shape index (κ1) is 51.1. The molecule has 6 amide bonds. The quantitative estimate of drug-likeness (QED) is 0.0360. The van der Waals surface area contributed by atoms with Gasteiger partial charge in [-0.05, 0) is 63.7 Å². The standard InChI is InChI=1S/C36H56N6O17/c1-59-18-17-37-33(54)22(10-14-29(47)48)40-35(56)24(12-16-31(51)52)41-34(55)23(11-15-30(49)50)39-27(44)13-9-25(36(57)58)42-32(53)21-7-5-20(6-8-21)19-38-26(43)3-2-4-28(45)46/h20-25H,2-19H2,1H3,(H,37,54)(H,38,43)(H,39,44)(H,40,56)(H,41,55)(H,42,53)(H,45,46)(H,47,48)(H,49,50)(H,51,52)(H,57,58)/t20-,21-,22-,23-,24-,25-/m0/s1. The van der Waals surface area contributed by atoms with Gasteiger partial charge in [0.2, 0.25) is 35.4 Å². The van der Waals surface area contributed by atoms with E-state index in [0.717, 1.165) is 0 Å². The molecule has 0 spiro atoms. The molecule has 59 heavy (non-hydrogen) atoms. The van der Waals surface area contributed by atoms with Crippen LogP contribution < -0.4 is 31.9 Å². The van der Waals surface area contributed by atoms with Gasteiger partial charge in [0, 0.05) is 64.6 Å². The molecule has 1 aliphatic carbocycles. The average molecular weight is 845 g/mol. The Kier molecular flexibility index (Phi) is 24.0. The summed E-state index contributed by atoms with van der Waals surface area (Å²) in [4.78, 5) is 134. The van der Waals surface area contributed by atoms with Crippen molar-refractivity contribution in [2.75, 3.05) is 26.8 Å². The van der Waals surface area contributed by atoms with Gasteiger partial charge in [-0.3, -0.25) is 47.9 Å². The summed E-state index contributed by atoms with van der Waals surface area (Å²) in [6, 6.07) is -6.23. The van der Waals surface area contributed by atoms with Gasteiger partial charge in [-0.15, -0.1) is 0 Å². The molecule has 4 atom stereocenters. The van der Waals surface area contributed by atoms with Crippen molar-refractivity contribution in [1.82, 2.24) is 31.9 Å². The first-order chi connectivity index (χ1) is 27.8. The fourth-order valence-corrected chi connectivity index (χ4v) is 6.02. The third kappa shape index (κ3) is 22.6. The maximum absolute atomic E-state index is 13.4. The second-order valence-corrected chi connectivity index (χ2v) is 14.0. The third-order valence-electron chi connectivity index (χ3n) is 9.34. The minimum atomic E-state index is -1.65. The molecule has 1 saturated carbocycles. The summed E-state index contributed by atoms with van der Waals surface area (Å²) in [6.07, 6.45) is -2.21. The zero-order chi connectivity index (χ0) is 44.5. The monoisotopic (exact) mass is 844 g/mol. The zero-order valence-corrected chi connectivity index (χ0v) is 32.8. The molecular formula is C36H56N6O17. The molecule has 0 aromatic carbocycles. The van der Waals surface area contributed by atoms with Crippen LogP contribution in [0.4, 0.5) is 0 Å². The van der Waals surface area contributed by atoms with Crippen LogP contribution in [0.2, 0.25) is 0 Å². The smallest absolute Gasteiger partial charge is 0.326 e. The first-order valence-electron chi connectivity index (χ1n) is 19.2. The molecule has 0 aromatic rings. The number of amides is 6. The predicted molar refractivity (Wildman–Crippen MR) is 200 cm³/mol. The van der Waals surface area contributed by atoms with E-state index in [1.807, 2.05) is 0 Å². The second-order valence-electron chi connectivity index (χ2n) is 14.0. The Morgan fingerprint density at radius 3 is 1.47 bits per heavy atom. The Bertz CT molecular complexity index is 1500. The van der Waals surface area contributed by atoms with Gasteiger partial charge >= 0.3 is 29.8 Å². The molecule has 0 unspecified atom stereocenters. The van der Waals surface area contributed by atoms with Crippen molar-refractivity contribution < 1.29 is 83.0 Å². The molecule has 0 bridgehead atoms. The number of hydrogen-bond acceptors (Lipinski definition) is 12. The van der Waals surface area contributed by atoms with E-state index in [1.54, 1.807) is 0 Å². The van der Waals surface area contributed by atoms with E-state index in [4.69, 9.17) is 14.9 Å². The van der Waals surface area contributed by atoms with Crippen LogP contribution in [0.5, 0.6) is 0 Å². The maximum Gasteiger partial charge on any atom is 0.326 e. The Labute approximate surface area is 339 Å². The number of nitrogens with one attached hydrogen (secondary N) is 6. The van der Waals surface area contributed by atoms with Gasteiger partial charge in [0.15, 0.2) is 0 Å². The molecule has 23 nitrogen and oxygen atoms in total. The van der Waals surface area contributed by atoms with Crippen molar-refractivity contribution in [3.63, 3.8) is 0 Å². The van der Waals surface area contributed by atoms with Gasteiger partial charge in [0.05, 0.1) is 6.61 Å². The lowest BCUT2D eigenvalue weighted by molar-refractivity contribution is -0.143. The molecule has 0 radical (unpaired) electrons. The highest BCUT2D eigenvalue weighted by Crippen LogP contribution is 2.29. The SMILES string of the molecule is COCCNC(=O)[C@H](CCC(=O)O)NC(=O)[C@H](CCC(=O)O)NC(=O)[C@H](CCC(=O)O)NC(=O)CC[C@H](NC(=O)[C@H]1CC[C@H](CNC(=O)CCCC(=O)O)CC1)C(=O)O. The number of methoxy groups -OCH3 is 1. The van der Waals surface area contributed by atoms with Gasteiger partial charge in [-0.1, -0.05) is 0 Å². The van der Waals surface area contributed by atoms with E-state index in [2.05, 4.69) is 31.9 Å². The Hall–Kier alpha value is -5.87. The number of carbonyl (C=O) groups excluding carboxylic acids is 6. The topological polar surface area (TPSA) is 370 Å². The molecule has 0 heterocycles. The third-order valence-corrected chi connectivity index (χ3v) is 9.34. The minimum absolute atomic E-state index is 0.00409. The summed E-state index contributed by atoms with van der Waals surface area (Å²) in [7, 11) is 1.37. The van der Waals surface area contributed by atoms with Crippen LogP contribution in [-0.4, -0.2) is 142 Å². The Morgan fingerprint density at radius 1 is 0.525 bits per heavy atom. The van der Waals surface area contributed by atoms with Gasteiger partial charge in [-0.2, -0.15) is 0 Å². The summed E-state index contributed by atoms with van der Waals surface area (Å²) < 4.78 is 4.85. The predicted octanol–water partition coefficient (Wildman–Crippen LogP) is -1.68. The number of carboxylic acid groups (broad SMARTS) is 5. The van der Waals surface area contributed by atoms with Gasteiger partial charge in [-0.25, -0.2) is 4.79 Å². The highest BCUT2D eigenvalue weighted by Gasteiger charge is 2.32. The fourth-order valence-electron chi connectivity index (χ4n) is 6.02. The number of rotatable bonds is 30. The largest absolute Gasteiger partial charge is 0.481 e. The Balaban J connectivity index is 2.91. The summed E-state index contributed by atoms with van der Waals surface area (Å²) >= 11 is 0. The highest BCUT2D eigenvalue weighted by molar-refractivity contribution is 5.95. The lowest BCUT2D eigenvalue weighted by Gasteiger charge is -2.29. The first-order valence-corrected chi connectivity index (χ1v) is 19.2. The van der Waals surface area contributed by atoms with Crippen molar-refractivity contribution in [3.05, 3.63) is 0 Å². The molecule has 0 aromatic heterocycles. The van der Waals surface area contributed by atoms with Gasteiger partial charge < -0.3 is 62.2 Å². The fraction of sp³-hybridized carbons (Fsp3) is 0.694. The second kappa shape index (κ2) is 27.7. The average Bonchev–Trinajstić information content (AvgIpc) is 3.16. The van der Waals surface area contributed by atoms with Crippen LogP contribution in [-0.2, 0) is 57.5 Å². The zero-order valence-electron chi connectivity index (χ0n) is 32.8. The molecule has 1 aliphatic rings. The van der Waals surface area contributed by atoms with Crippen molar-refractivity contribution >= 4 is 65.3 Å². The van der Waals surface area contributed by atoms with Crippen LogP contribution in [0.15, 0.2) is 0 Å². The number of ether oxygens (including phenoxy) is 1. The van der Waals surface area contributed by atoms with E-state index in [0.29, 0.717) is 32.2 Å². The number of hydrogen-bond donors (Lipinski definition) is 11. The number of carboxylic acids is 5. The van der Waals surface area contributed by atoms with Crippen LogP contribution in [0, 0.1) is 11.8 Å². The summed E-state index contributed by atoms with van der Waals surface area (Å²) in [6.45, 7) is 0.438. The van der Waals surface area contributed by atoms with Crippen LogP contribution in [0.3, 0.4) is 0 Å². The number of carbonyl (C=O) groups is 11. The van der Waals surface area contributed by atoms with E-state index >= 15 is 0 Å². The van der Waals surface area contributed by atoms with E-state index in [-0.39, 0.29) is 50.7 Å². The van der Waals surface area contributed by atoms with Crippen LogP contribution >= 0.6 is 0 Å². The molecular weight excluding hydrogens is 788 g/mol. The van der Waals surface area contributed by atoms with Crippen molar-refractivity contribution in [2.24, 2.45) is 11.8 Å². The lowest BCUT2D eigenvalue weighted by Crippen LogP contribution is -2.57. The normalized spacial score (nSPS) is 16.8. The van der Waals surface area contributed by atoms with E-state index in [9.17, 15) is 68.1 Å². The molecule has 11 N–H and O–H groups in total.